The van der Waals surface area contributed by atoms with Gasteiger partial charge in [-0.1, -0.05) is 89.6 Å². The van der Waals surface area contributed by atoms with Crippen molar-refractivity contribution < 1.29 is 0 Å². The Balaban J connectivity index is 2.47. The largest absolute Gasteiger partial charge is 0.355 e. The van der Waals surface area contributed by atoms with Crippen molar-refractivity contribution in [3.8, 4) is 0 Å². The number of rotatable bonds is 8. The van der Waals surface area contributed by atoms with Crippen molar-refractivity contribution in [2.75, 3.05) is 11.9 Å². The van der Waals surface area contributed by atoms with E-state index in [1.165, 1.54) is 22.4 Å². The molecule has 0 aliphatic rings. The van der Waals surface area contributed by atoms with Gasteiger partial charge in [0.25, 0.3) is 0 Å². The fraction of sp³-hybridized carbons (Fsp3) is 0.500. The quantitative estimate of drug-likeness (QED) is 0.387. The first-order valence-corrected chi connectivity index (χ1v) is 11.6. The van der Waals surface area contributed by atoms with E-state index >= 15 is 0 Å². The molecule has 2 nitrogen and oxygen atoms in total. The van der Waals surface area contributed by atoms with Crippen LogP contribution in [0, 0.1) is 6.92 Å². The lowest BCUT2D eigenvalue weighted by atomic mass is 10.00. The van der Waals surface area contributed by atoms with Gasteiger partial charge in [0.1, 0.15) is 6.17 Å². The molecule has 27 heavy (non-hydrogen) atoms. The standard InChI is InChI=1S/C24H37N2P/c1-17(2)22-11-9-10-12-23(22)26(8)24(21-15-13-20(7)14-16-21)25-27(18(3)4)19(5)6/h9-19,24-25H,1-8H3. The van der Waals surface area contributed by atoms with Gasteiger partial charge < -0.3 is 4.90 Å². The molecule has 0 amide bonds. The van der Waals surface area contributed by atoms with E-state index in [2.05, 4.69) is 114 Å². The number of nitrogens with one attached hydrogen (secondary N) is 1. The molecule has 0 bridgehead atoms. The van der Waals surface area contributed by atoms with Crippen LogP contribution in [0.3, 0.4) is 0 Å². The zero-order chi connectivity index (χ0) is 20.1. The summed E-state index contributed by atoms with van der Waals surface area (Å²) in [7, 11) is 1.94. The summed E-state index contributed by atoms with van der Waals surface area (Å²) < 4.78 is 0. The normalized spacial score (nSPS) is 13.0. The Morgan fingerprint density at radius 1 is 0.815 bits per heavy atom. The van der Waals surface area contributed by atoms with Crippen LogP contribution in [-0.2, 0) is 0 Å². The van der Waals surface area contributed by atoms with E-state index in [4.69, 9.17) is 0 Å². The number of benzene rings is 2. The van der Waals surface area contributed by atoms with Gasteiger partial charge in [-0.2, -0.15) is 0 Å². The summed E-state index contributed by atoms with van der Waals surface area (Å²) in [5.74, 6) is 0.499. The molecule has 3 heteroatoms. The molecule has 2 aromatic rings. The van der Waals surface area contributed by atoms with Crippen molar-refractivity contribution >= 4 is 13.8 Å². The van der Waals surface area contributed by atoms with Gasteiger partial charge in [-0.3, -0.25) is 5.09 Å². The minimum absolute atomic E-state index is 0.168. The third kappa shape index (κ3) is 5.56. The zero-order valence-electron chi connectivity index (χ0n) is 18.3. The monoisotopic (exact) mass is 384 g/mol. The van der Waals surface area contributed by atoms with Crippen LogP contribution >= 0.6 is 8.07 Å². The summed E-state index contributed by atoms with van der Waals surface area (Å²) in [5, 5.41) is 4.04. The van der Waals surface area contributed by atoms with Crippen molar-refractivity contribution in [1.29, 1.82) is 0 Å². The Hall–Kier alpha value is -1.37. The van der Waals surface area contributed by atoms with Crippen molar-refractivity contribution in [3.05, 3.63) is 65.2 Å². The second-order valence-electron chi connectivity index (χ2n) is 8.36. The number of hydrogen-bond donors (Lipinski definition) is 1. The third-order valence-electron chi connectivity index (χ3n) is 5.10. The summed E-state index contributed by atoms with van der Waals surface area (Å²) in [5.41, 5.74) is 6.63. The highest BCUT2D eigenvalue weighted by molar-refractivity contribution is 7.57. The van der Waals surface area contributed by atoms with Gasteiger partial charge in [0.15, 0.2) is 0 Å². The van der Waals surface area contributed by atoms with Gasteiger partial charge in [0, 0.05) is 12.7 Å². The topological polar surface area (TPSA) is 15.3 Å². The van der Waals surface area contributed by atoms with Crippen molar-refractivity contribution in [3.63, 3.8) is 0 Å². The molecule has 0 saturated heterocycles. The van der Waals surface area contributed by atoms with Gasteiger partial charge in [0.2, 0.25) is 0 Å². The van der Waals surface area contributed by atoms with Crippen LogP contribution < -0.4 is 9.99 Å². The molecule has 148 valence electrons. The Bertz CT molecular complexity index is 699. The lowest BCUT2D eigenvalue weighted by Gasteiger charge is -2.38. The summed E-state index contributed by atoms with van der Waals surface area (Å²) in [6.07, 6.45) is 0.168. The Labute approximate surface area is 168 Å². The van der Waals surface area contributed by atoms with Crippen LogP contribution in [0.15, 0.2) is 48.5 Å². The fourth-order valence-electron chi connectivity index (χ4n) is 3.61. The van der Waals surface area contributed by atoms with E-state index in [1.54, 1.807) is 0 Å². The highest BCUT2D eigenvalue weighted by Crippen LogP contribution is 2.45. The van der Waals surface area contributed by atoms with E-state index in [0.717, 1.165) is 0 Å². The van der Waals surface area contributed by atoms with Crippen LogP contribution in [0.4, 0.5) is 5.69 Å². The number of para-hydroxylation sites is 1. The number of anilines is 1. The predicted octanol–water partition coefficient (Wildman–Crippen LogP) is 7.06. The molecule has 0 heterocycles. The Morgan fingerprint density at radius 2 is 1.37 bits per heavy atom. The molecule has 0 radical (unpaired) electrons. The van der Waals surface area contributed by atoms with E-state index in [9.17, 15) is 0 Å². The minimum atomic E-state index is -0.289. The Morgan fingerprint density at radius 3 is 1.89 bits per heavy atom. The molecule has 1 N–H and O–H groups in total. The summed E-state index contributed by atoms with van der Waals surface area (Å²) in [4.78, 5) is 2.43. The highest BCUT2D eigenvalue weighted by Gasteiger charge is 2.26. The first-order valence-electron chi connectivity index (χ1n) is 10.1. The summed E-state index contributed by atoms with van der Waals surface area (Å²) in [6, 6.07) is 17.8. The van der Waals surface area contributed by atoms with Crippen molar-refractivity contribution in [2.24, 2.45) is 0 Å². The molecular weight excluding hydrogens is 347 g/mol. The highest BCUT2D eigenvalue weighted by atomic mass is 31.1. The van der Waals surface area contributed by atoms with Crippen molar-refractivity contribution in [1.82, 2.24) is 5.09 Å². The minimum Gasteiger partial charge on any atom is -0.355 e. The van der Waals surface area contributed by atoms with Gasteiger partial charge in [-0.05, 0) is 49.4 Å². The first kappa shape index (κ1) is 21.9. The zero-order valence-corrected chi connectivity index (χ0v) is 19.2. The lowest BCUT2D eigenvalue weighted by molar-refractivity contribution is 0.638. The maximum absolute atomic E-state index is 4.04. The maximum Gasteiger partial charge on any atom is 0.109 e. The molecule has 2 aromatic carbocycles. The van der Waals surface area contributed by atoms with E-state index in [0.29, 0.717) is 17.2 Å². The van der Waals surface area contributed by atoms with Gasteiger partial charge in [-0.25, -0.2) is 0 Å². The average Bonchev–Trinajstić information content (AvgIpc) is 2.62. The molecule has 0 aromatic heterocycles. The average molecular weight is 385 g/mol. The van der Waals surface area contributed by atoms with E-state index < -0.39 is 0 Å². The first-order chi connectivity index (χ1) is 12.7. The lowest BCUT2D eigenvalue weighted by Crippen LogP contribution is -2.36. The summed E-state index contributed by atoms with van der Waals surface area (Å²) in [6.45, 7) is 16.1. The van der Waals surface area contributed by atoms with Crippen LogP contribution in [0.5, 0.6) is 0 Å². The SMILES string of the molecule is Cc1ccc(C(NP(C(C)C)C(C)C)N(C)c2ccccc2C(C)C)cc1. The fourth-order valence-corrected chi connectivity index (χ4v) is 6.00. The second kappa shape index (κ2) is 9.71. The summed E-state index contributed by atoms with van der Waals surface area (Å²) >= 11 is 0. The molecule has 0 aliphatic heterocycles. The molecule has 0 fully saturated rings. The van der Waals surface area contributed by atoms with Crippen LogP contribution in [0.2, 0.25) is 0 Å². The van der Waals surface area contributed by atoms with Gasteiger partial charge >= 0.3 is 0 Å². The molecule has 2 rings (SSSR count). The third-order valence-corrected chi connectivity index (χ3v) is 7.87. The van der Waals surface area contributed by atoms with Crippen LogP contribution in [0.1, 0.15) is 70.3 Å². The van der Waals surface area contributed by atoms with Crippen LogP contribution in [0.25, 0.3) is 0 Å². The van der Waals surface area contributed by atoms with Crippen molar-refractivity contribution in [2.45, 2.75) is 71.9 Å². The molecule has 0 spiro atoms. The number of aryl methyl sites for hydroxylation is 1. The molecule has 0 aliphatic carbocycles. The van der Waals surface area contributed by atoms with E-state index in [1.807, 2.05) is 0 Å². The Kier molecular flexibility index (Phi) is 7.89. The second-order valence-corrected chi connectivity index (χ2v) is 11.5. The van der Waals surface area contributed by atoms with Gasteiger partial charge in [0.05, 0.1) is 0 Å². The van der Waals surface area contributed by atoms with Gasteiger partial charge in [-0.15, -0.1) is 0 Å². The number of nitrogens with zero attached hydrogens (tertiary/aromatic N) is 1. The number of hydrogen-bond acceptors (Lipinski definition) is 2. The molecule has 0 saturated carbocycles. The molecular formula is C24H37N2P. The molecule has 1 atom stereocenters. The smallest absolute Gasteiger partial charge is 0.109 e. The predicted molar refractivity (Wildman–Crippen MR) is 123 cm³/mol. The van der Waals surface area contributed by atoms with Crippen LogP contribution in [-0.4, -0.2) is 18.4 Å². The van der Waals surface area contributed by atoms with E-state index in [-0.39, 0.29) is 14.2 Å². The molecule has 1 unspecified atom stereocenters. The maximum atomic E-state index is 4.04.